The van der Waals surface area contributed by atoms with Crippen molar-refractivity contribution < 1.29 is 14.4 Å². The number of carbonyl (C=O) groups excluding carboxylic acids is 3. The highest BCUT2D eigenvalue weighted by Crippen LogP contribution is 2.28. The first-order valence-electron chi connectivity index (χ1n) is 9.00. The first kappa shape index (κ1) is 18.9. The van der Waals surface area contributed by atoms with Crippen LogP contribution in [-0.4, -0.2) is 60.2 Å². The summed E-state index contributed by atoms with van der Waals surface area (Å²) in [6.45, 7) is 5.22. The second-order valence-corrected chi connectivity index (χ2v) is 7.38. The number of nitrogens with one attached hydrogen (secondary N) is 1. The van der Waals surface area contributed by atoms with Gasteiger partial charge in [-0.1, -0.05) is 11.6 Å². The number of aryl methyl sites for hydroxylation is 1. The summed E-state index contributed by atoms with van der Waals surface area (Å²) in [6.07, 6.45) is 1.98. The summed E-state index contributed by atoms with van der Waals surface area (Å²) in [4.78, 5) is 40.6. The molecule has 2 fully saturated rings. The van der Waals surface area contributed by atoms with Crippen LogP contribution in [0.3, 0.4) is 0 Å². The molecule has 1 aromatic carbocycles. The van der Waals surface area contributed by atoms with Gasteiger partial charge in [0.1, 0.15) is 6.54 Å². The predicted molar refractivity (Wildman–Crippen MR) is 99.5 cm³/mol. The number of carbonyl (C=O) groups is 3. The Kier molecular flexibility index (Phi) is 5.34. The normalized spacial score (nSPS) is 24.8. The predicted octanol–water partition coefficient (Wildman–Crippen LogP) is 1.47. The monoisotopic (exact) mass is 377 g/mol. The molecule has 3 amide bonds. The molecule has 0 bridgehead atoms. The number of hydrogen-bond acceptors (Lipinski definition) is 4. The molecule has 3 aliphatic rings. The van der Waals surface area contributed by atoms with Crippen molar-refractivity contribution in [1.82, 2.24) is 15.1 Å². The molecule has 4 rings (SSSR count). The van der Waals surface area contributed by atoms with Crippen LogP contribution in [0.25, 0.3) is 0 Å². The molecule has 0 aliphatic carbocycles. The zero-order valence-corrected chi connectivity index (χ0v) is 15.7. The molecule has 7 heteroatoms. The van der Waals surface area contributed by atoms with E-state index in [4.69, 9.17) is 0 Å². The zero-order valence-electron chi connectivity index (χ0n) is 14.9. The minimum absolute atomic E-state index is 0. The van der Waals surface area contributed by atoms with Crippen LogP contribution < -0.4 is 5.32 Å². The lowest BCUT2D eigenvalue weighted by Crippen LogP contribution is -2.43. The molecule has 3 aliphatic heterocycles. The van der Waals surface area contributed by atoms with Crippen LogP contribution in [0.4, 0.5) is 0 Å². The number of fused-ring (bicyclic) bond motifs is 2. The van der Waals surface area contributed by atoms with Crippen molar-refractivity contribution in [1.29, 1.82) is 0 Å². The van der Waals surface area contributed by atoms with Gasteiger partial charge in [0.2, 0.25) is 5.91 Å². The number of nitrogens with zero attached hydrogens (tertiary/aromatic N) is 2. The Morgan fingerprint density at radius 3 is 2.35 bits per heavy atom. The van der Waals surface area contributed by atoms with Crippen molar-refractivity contribution in [3.63, 3.8) is 0 Å². The molecule has 0 radical (unpaired) electrons. The minimum atomic E-state index is -0.357. The van der Waals surface area contributed by atoms with E-state index in [2.05, 4.69) is 5.32 Å². The Hall–Kier alpha value is -1.92. The van der Waals surface area contributed by atoms with Gasteiger partial charge in [0.05, 0.1) is 11.1 Å². The van der Waals surface area contributed by atoms with Crippen LogP contribution in [0.2, 0.25) is 0 Å². The van der Waals surface area contributed by atoms with Crippen molar-refractivity contribution in [3.05, 3.63) is 34.9 Å². The molecule has 140 valence electrons. The highest BCUT2D eigenvalue weighted by Gasteiger charge is 2.38. The van der Waals surface area contributed by atoms with Gasteiger partial charge in [-0.3, -0.25) is 19.3 Å². The molecule has 1 N–H and O–H groups in total. The van der Waals surface area contributed by atoms with E-state index in [1.54, 1.807) is 12.1 Å². The van der Waals surface area contributed by atoms with Gasteiger partial charge in [-0.15, -0.1) is 12.4 Å². The molecule has 0 spiro atoms. The molecule has 1 aromatic rings. The summed E-state index contributed by atoms with van der Waals surface area (Å²) in [5.41, 5.74) is 1.75. The number of benzene rings is 1. The van der Waals surface area contributed by atoms with Gasteiger partial charge in [-0.25, -0.2) is 0 Å². The number of halogens is 1. The average molecular weight is 378 g/mol. The highest BCUT2D eigenvalue weighted by molar-refractivity contribution is 6.22. The third-order valence-corrected chi connectivity index (χ3v) is 5.79. The molecular weight excluding hydrogens is 354 g/mol. The van der Waals surface area contributed by atoms with Gasteiger partial charge >= 0.3 is 0 Å². The Balaban J connectivity index is 0.00000196. The average Bonchev–Trinajstić information content (AvgIpc) is 3.06. The number of rotatable bonds is 2. The maximum absolute atomic E-state index is 12.7. The number of amides is 3. The molecule has 2 atom stereocenters. The van der Waals surface area contributed by atoms with Gasteiger partial charge in [0.25, 0.3) is 11.8 Å². The van der Waals surface area contributed by atoms with Gasteiger partial charge in [-0.05, 0) is 56.8 Å². The molecule has 3 heterocycles. The lowest BCUT2D eigenvalue weighted by molar-refractivity contribution is -0.131. The maximum Gasteiger partial charge on any atom is 0.262 e. The van der Waals surface area contributed by atoms with Crippen LogP contribution in [-0.2, 0) is 4.79 Å². The number of hydrogen-bond donors (Lipinski definition) is 1. The number of imide groups is 1. The second kappa shape index (κ2) is 7.37. The van der Waals surface area contributed by atoms with Crippen LogP contribution in [0.5, 0.6) is 0 Å². The van der Waals surface area contributed by atoms with E-state index >= 15 is 0 Å². The van der Waals surface area contributed by atoms with Gasteiger partial charge in [0.15, 0.2) is 0 Å². The van der Waals surface area contributed by atoms with Gasteiger partial charge in [0, 0.05) is 13.1 Å². The first-order valence-corrected chi connectivity index (χ1v) is 9.00. The van der Waals surface area contributed by atoms with Crippen LogP contribution in [0.1, 0.15) is 39.1 Å². The number of likely N-dealkylation sites (tertiary alicyclic amines) is 1. The van der Waals surface area contributed by atoms with Crippen LogP contribution >= 0.6 is 12.4 Å². The van der Waals surface area contributed by atoms with Crippen molar-refractivity contribution in [3.8, 4) is 0 Å². The molecule has 0 saturated carbocycles. The highest BCUT2D eigenvalue weighted by atomic mass is 35.5. The summed E-state index contributed by atoms with van der Waals surface area (Å²) < 4.78 is 0. The Bertz CT molecular complexity index is 738. The fourth-order valence-electron chi connectivity index (χ4n) is 4.25. The molecular formula is C19H24ClN3O3. The summed E-state index contributed by atoms with van der Waals surface area (Å²) in [5, 5.41) is 3.42. The molecule has 2 saturated heterocycles. The Morgan fingerprint density at radius 2 is 1.69 bits per heavy atom. The standard InChI is InChI=1S/C19H23N3O3.ClH/c1-12-2-3-15-16(8-12)19(25)22(18(15)24)11-17(23)21-6-4-13-9-20-10-14(13)5-7-21;/h2-3,8,13-14,20H,4-7,9-11H2,1H3;1H/t13-,14+;. The van der Waals surface area contributed by atoms with Gasteiger partial charge < -0.3 is 10.2 Å². The first-order chi connectivity index (χ1) is 12.0. The zero-order chi connectivity index (χ0) is 17.6. The van der Waals surface area contributed by atoms with E-state index < -0.39 is 0 Å². The van der Waals surface area contributed by atoms with E-state index in [0.29, 0.717) is 36.1 Å². The quantitative estimate of drug-likeness (QED) is 0.792. The third-order valence-electron chi connectivity index (χ3n) is 5.79. The van der Waals surface area contributed by atoms with E-state index in [-0.39, 0.29) is 36.7 Å². The summed E-state index contributed by atoms with van der Waals surface area (Å²) >= 11 is 0. The largest absolute Gasteiger partial charge is 0.341 e. The van der Waals surface area contributed by atoms with Crippen molar-refractivity contribution in [2.45, 2.75) is 19.8 Å². The molecule has 0 unspecified atom stereocenters. The molecule has 6 nitrogen and oxygen atoms in total. The maximum atomic E-state index is 12.7. The third kappa shape index (κ3) is 3.23. The lowest BCUT2D eigenvalue weighted by Gasteiger charge is -2.23. The van der Waals surface area contributed by atoms with E-state index in [1.807, 2.05) is 17.9 Å². The van der Waals surface area contributed by atoms with E-state index in [0.717, 1.165) is 36.4 Å². The smallest absolute Gasteiger partial charge is 0.262 e. The van der Waals surface area contributed by atoms with Crippen molar-refractivity contribution >= 4 is 30.1 Å². The molecule has 0 aromatic heterocycles. The van der Waals surface area contributed by atoms with E-state index in [9.17, 15) is 14.4 Å². The topological polar surface area (TPSA) is 69.7 Å². The van der Waals surface area contributed by atoms with Crippen molar-refractivity contribution in [2.24, 2.45) is 11.8 Å². The summed E-state index contributed by atoms with van der Waals surface area (Å²) in [6, 6.07) is 5.21. The summed E-state index contributed by atoms with van der Waals surface area (Å²) in [5.74, 6) is 0.441. The Morgan fingerprint density at radius 1 is 1.08 bits per heavy atom. The SMILES string of the molecule is Cc1ccc2c(c1)C(=O)N(CC(=O)N1CC[C@@H]3CNC[C@@H]3CC1)C2=O.Cl. The fourth-order valence-corrected chi connectivity index (χ4v) is 4.25. The van der Waals surface area contributed by atoms with Crippen LogP contribution in [0, 0.1) is 18.8 Å². The van der Waals surface area contributed by atoms with Crippen molar-refractivity contribution in [2.75, 3.05) is 32.7 Å². The fraction of sp³-hybridized carbons (Fsp3) is 0.526. The van der Waals surface area contributed by atoms with E-state index in [1.165, 1.54) is 0 Å². The van der Waals surface area contributed by atoms with Crippen LogP contribution in [0.15, 0.2) is 18.2 Å². The lowest BCUT2D eigenvalue weighted by atomic mass is 9.92. The Labute approximate surface area is 159 Å². The molecule has 26 heavy (non-hydrogen) atoms. The summed E-state index contributed by atoms with van der Waals surface area (Å²) in [7, 11) is 0. The second-order valence-electron chi connectivity index (χ2n) is 7.38. The minimum Gasteiger partial charge on any atom is -0.341 e. The van der Waals surface area contributed by atoms with Gasteiger partial charge in [-0.2, -0.15) is 0 Å².